The standard InChI is InChI=1S/C15H16FNS/c1-10-5-3-4-6-14(10)18-15-8-7-12(11(2)17)9-13(15)16/h3-9,11H,17H2,1-2H3/t11-/m1/s1. The molecule has 2 rings (SSSR count). The molecular weight excluding hydrogens is 245 g/mol. The average molecular weight is 261 g/mol. The first-order valence-electron chi connectivity index (χ1n) is 5.86. The van der Waals surface area contributed by atoms with Crippen molar-refractivity contribution in [1.29, 1.82) is 0 Å². The van der Waals surface area contributed by atoms with Crippen LogP contribution in [0.4, 0.5) is 4.39 Å². The van der Waals surface area contributed by atoms with Crippen LogP contribution >= 0.6 is 11.8 Å². The predicted octanol–water partition coefficient (Wildman–Crippen LogP) is 4.31. The van der Waals surface area contributed by atoms with Gasteiger partial charge in [-0.3, -0.25) is 0 Å². The number of halogens is 1. The molecule has 2 aromatic carbocycles. The third-order valence-corrected chi connectivity index (χ3v) is 4.02. The molecule has 0 saturated carbocycles. The van der Waals surface area contributed by atoms with Crippen LogP contribution in [0.15, 0.2) is 52.3 Å². The SMILES string of the molecule is Cc1ccccc1Sc1ccc([C@@H](C)N)cc1F. The molecule has 2 aromatic rings. The summed E-state index contributed by atoms with van der Waals surface area (Å²) in [4.78, 5) is 1.71. The summed E-state index contributed by atoms with van der Waals surface area (Å²) in [6.07, 6.45) is 0. The zero-order valence-corrected chi connectivity index (χ0v) is 11.3. The lowest BCUT2D eigenvalue weighted by molar-refractivity contribution is 0.596. The predicted molar refractivity (Wildman–Crippen MR) is 74.3 cm³/mol. The van der Waals surface area contributed by atoms with Crippen LogP contribution in [0, 0.1) is 12.7 Å². The van der Waals surface area contributed by atoms with Crippen LogP contribution in [-0.2, 0) is 0 Å². The Morgan fingerprint density at radius 3 is 2.44 bits per heavy atom. The second kappa shape index (κ2) is 5.55. The molecule has 0 radical (unpaired) electrons. The molecule has 0 bridgehead atoms. The van der Waals surface area contributed by atoms with Gasteiger partial charge in [-0.25, -0.2) is 4.39 Å². The quantitative estimate of drug-likeness (QED) is 0.891. The first-order chi connectivity index (χ1) is 8.58. The highest BCUT2D eigenvalue weighted by atomic mass is 32.2. The Balaban J connectivity index is 2.28. The van der Waals surface area contributed by atoms with E-state index in [1.54, 1.807) is 6.07 Å². The minimum Gasteiger partial charge on any atom is -0.324 e. The molecule has 94 valence electrons. The summed E-state index contributed by atoms with van der Waals surface area (Å²) in [6, 6.07) is 13.0. The number of nitrogens with two attached hydrogens (primary N) is 1. The Kier molecular flexibility index (Phi) is 4.04. The first kappa shape index (κ1) is 13.1. The highest BCUT2D eigenvalue weighted by Crippen LogP contribution is 2.32. The van der Waals surface area contributed by atoms with Gasteiger partial charge in [0, 0.05) is 15.8 Å². The van der Waals surface area contributed by atoms with Crippen molar-refractivity contribution in [2.24, 2.45) is 5.73 Å². The topological polar surface area (TPSA) is 26.0 Å². The molecule has 0 aliphatic rings. The molecular formula is C15H16FNS. The zero-order chi connectivity index (χ0) is 13.1. The van der Waals surface area contributed by atoms with Gasteiger partial charge >= 0.3 is 0 Å². The third kappa shape index (κ3) is 2.92. The van der Waals surface area contributed by atoms with Gasteiger partial charge in [0.15, 0.2) is 0 Å². The number of rotatable bonds is 3. The third-order valence-electron chi connectivity index (χ3n) is 2.80. The van der Waals surface area contributed by atoms with Crippen LogP contribution in [-0.4, -0.2) is 0 Å². The van der Waals surface area contributed by atoms with Crippen molar-refractivity contribution in [3.05, 3.63) is 59.4 Å². The van der Waals surface area contributed by atoms with E-state index in [-0.39, 0.29) is 11.9 Å². The molecule has 1 atom stereocenters. The van der Waals surface area contributed by atoms with Gasteiger partial charge in [-0.1, -0.05) is 36.0 Å². The maximum Gasteiger partial charge on any atom is 0.137 e. The van der Waals surface area contributed by atoms with E-state index in [9.17, 15) is 4.39 Å². The lowest BCUT2D eigenvalue weighted by Gasteiger charge is -2.09. The molecule has 0 aromatic heterocycles. The second-order valence-electron chi connectivity index (χ2n) is 4.35. The summed E-state index contributed by atoms with van der Waals surface area (Å²) in [5.74, 6) is -0.210. The van der Waals surface area contributed by atoms with Crippen molar-refractivity contribution in [3.63, 3.8) is 0 Å². The first-order valence-corrected chi connectivity index (χ1v) is 6.68. The maximum atomic E-state index is 14.0. The van der Waals surface area contributed by atoms with Crippen molar-refractivity contribution in [2.75, 3.05) is 0 Å². The van der Waals surface area contributed by atoms with E-state index in [1.807, 2.05) is 44.2 Å². The molecule has 0 saturated heterocycles. The van der Waals surface area contributed by atoms with Crippen molar-refractivity contribution in [2.45, 2.75) is 29.7 Å². The van der Waals surface area contributed by atoms with Crippen molar-refractivity contribution >= 4 is 11.8 Å². The maximum absolute atomic E-state index is 14.0. The number of hydrogen-bond donors (Lipinski definition) is 1. The highest BCUT2D eigenvalue weighted by Gasteiger charge is 2.08. The van der Waals surface area contributed by atoms with Crippen LogP contribution in [0.3, 0.4) is 0 Å². The lowest BCUT2D eigenvalue weighted by atomic mass is 10.1. The summed E-state index contributed by atoms with van der Waals surface area (Å²) in [5.41, 5.74) is 7.71. The van der Waals surface area contributed by atoms with Gasteiger partial charge in [0.25, 0.3) is 0 Å². The summed E-state index contributed by atoms with van der Waals surface area (Å²) in [6.45, 7) is 3.87. The molecule has 0 spiro atoms. The minimum absolute atomic E-state index is 0.142. The van der Waals surface area contributed by atoms with Crippen molar-refractivity contribution in [1.82, 2.24) is 0 Å². The van der Waals surface area contributed by atoms with E-state index in [0.717, 1.165) is 16.0 Å². The van der Waals surface area contributed by atoms with E-state index in [4.69, 9.17) is 5.73 Å². The summed E-state index contributed by atoms with van der Waals surface area (Å²) < 4.78 is 14.0. The highest BCUT2D eigenvalue weighted by molar-refractivity contribution is 7.99. The van der Waals surface area contributed by atoms with Crippen LogP contribution in [0.5, 0.6) is 0 Å². The lowest BCUT2D eigenvalue weighted by Crippen LogP contribution is -2.05. The Morgan fingerprint density at radius 2 is 1.83 bits per heavy atom. The average Bonchev–Trinajstić information content (AvgIpc) is 2.34. The Morgan fingerprint density at radius 1 is 1.11 bits per heavy atom. The molecule has 18 heavy (non-hydrogen) atoms. The van der Waals surface area contributed by atoms with Gasteiger partial charge in [0.2, 0.25) is 0 Å². The number of benzene rings is 2. The van der Waals surface area contributed by atoms with E-state index in [2.05, 4.69) is 0 Å². The molecule has 3 heteroatoms. The fourth-order valence-electron chi connectivity index (χ4n) is 1.67. The van der Waals surface area contributed by atoms with Gasteiger partial charge in [-0.05, 0) is 43.2 Å². The van der Waals surface area contributed by atoms with Crippen LogP contribution in [0.1, 0.15) is 24.1 Å². The number of aryl methyl sites for hydroxylation is 1. The van der Waals surface area contributed by atoms with Gasteiger partial charge in [-0.2, -0.15) is 0 Å². The van der Waals surface area contributed by atoms with E-state index in [0.29, 0.717) is 4.90 Å². The summed E-state index contributed by atoms with van der Waals surface area (Å²) in [7, 11) is 0. The smallest absolute Gasteiger partial charge is 0.137 e. The van der Waals surface area contributed by atoms with Crippen LogP contribution < -0.4 is 5.73 Å². The van der Waals surface area contributed by atoms with Gasteiger partial charge in [-0.15, -0.1) is 0 Å². The second-order valence-corrected chi connectivity index (χ2v) is 5.43. The largest absolute Gasteiger partial charge is 0.324 e. The minimum atomic E-state index is -0.210. The molecule has 0 aliphatic carbocycles. The summed E-state index contributed by atoms with van der Waals surface area (Å²) in [5, 5.41) is 0. The fraction of sp³-hybridized carbons (Fsp3) is 0.200. The molecule has 0 heterocycles. The number of hydrogen-bond acceptors (Lipinski definition) is 2. The van der Waals surface area contributed by atoms with Gasteiger partial charge in [0.1, 0.15) is 5.82 Å². The Labute approximate surface area is 111 Å². The van der Waals surface area contributed by atoms with Crippen molar-refractivity contribution < 1.29 is 4.39 Å². The van der Waals surface area contributed by atoms with Gasteiger partial charge < -0.3 is 5.73 Å². The zero-order valence-electron chi connectivity index (χ0n) is 10.5. The fourth-order valence-corrected chi connectivity index (χ4v) is 2.58. The molecule has 0 unspecified atom stereocenters. The van der Waals surface area contributed by atoms with E-state index < -0.39 is 0 Å². The normalized spacial score (nSPS) is 12.4. The van der Waals surface area contributed by atoms with Crippen molar-refractivity contribution in [3.8, 4) is 0 Å². The summed E-state index contributed by atoms with van der Waals surface area (Å²) >= 11 is 1.45. The van der Waals surface area contributed by atoms with E-state index >= 15 is 0 Å². The molecule has 0 aliphatic heterocycles. The Hall–Kier alpha value is -1.32. The molecule has 0 amide bonds. The van der Waals surface area contributed by atoms with Crippen LogP contribution in [0.2, 0.25) is 0 Å². The molecule has 1 nitrogen and oxygen atoms in total. The Bertz CT molecular complexity index is 552. The monoisotopic (exact) mass is 261 g/mol. The molecule has 2 N–H and O–H groups in total. The van der Waals surface area contributed by atoms with Gasteiger partial charge in [0.05, 0.1) is 0 Å². The van der Waals surface area contributed by atoms with Crippen LogP contribution in [0.25, 0.3) is 0 Å². The van der Waals surface area contributed by atoms with E-state index in [1.165, 1.54) is 17.8 Å². The molecule has 0 fully saturated rings.